The lowest BCUT2D eigenvalue weighted by molar-refractivity contribution is -0.0791. The molecule has 2 heteroatoms. The second-order valence-corrected chi connectivity index (χ2v) is 3.63. The molecular weight excluding hydrogens is 164 g/mol. The van der Waals surface area contributed by atoms with Gasteiger partial charge in [-0.3, -0.25) is 0 Å². The van der Waals surface area contributed by atoms with Crippen molar-refractivity contribution in [2.45, 2.75) is 58.2 Å². The second kappa shape index (κ2) is 5.40. The van der Waals surface area contributed by atoms with Gasteiger partial charge in [-0.05, 0) is 25.7 Å². The molecule has 2 nitrogen and oxygen atoms in total. The summed E-state index contributed by atoms with van der Waals surface area (Å²) >= 11 is 0. The maximum Gasteiger partial charge on any atom is 0.0903 e. The fraction of sp³-hybridized carbons (Fsp3) is 0.818. The van der Waals surface area contributed by atoms with Crippen LogP contribution in [0.25, 0.3) is 0 Å². The van der Waals surface area contributed by atoms with Crippen molar-refractivity contribution in [3.05, 3.63) is 12.2 Å². The summed E-state index contributed by atoms with van der Waals surface area (Å²) in [4.78, 5) is 0. The Hall–Kier alpha value is -0.340. The molecule has 0 aromatic heterocycles. The Labute approximate surface area is 81.3 Å². The van der Waals surface area contributed by atoms with Crippen molar-refractivity contribution in [1.29, 1.82) is 0 Å². The van der Waals surface area contributed by atoms with Gasteiger partial charge in [0.15, 0.2) is 0 Å². The highest BCUT2D eigenvalue weighted by Crippen LogP contribution is 2.24. The van der Waals surface area contributed by atoms with Crippen molar-refractivity contribution in [3.8, 4) is 0 Å². The van der Waals surface area contributed by atoms with Crippen molar-refractivity contribution >= 4 is 0 Å². The topological polar surface area (TPSA) is 40.5 Å². The minimum Gasteiger partial charge on any atom is -0.390 e. The number of rotatable bonds is 6. The number of aliphatic hydroxyl groups is 2. The molecule has 1 unspecified atom stereocenters. The predicted molar refractivity (Wildman–Crippen MR) is 55.6 cm³/mol. The number of hydrogen-bond acceptors (Lipinski definition) is 2. The van der Waals surface area contributed by atoms with E-state index >= 15 is 0 Å². The SMILES string of the molecule is C=C(CC)CC(O)C(O)(CC)CC. The van der Waals surface area contributed by atoms with Crippen molar-refractivity contribution < 1.29 is 10.2 Å². The molecule has 0 fully saturated rings. The maximum atomic E-state index is 9.95. The molecule has 0 radical (unpaired) electrons. The van der Waals surface area contributed by atoms with Crippen molar-refractivity contribution in [3.63, 3.8) is 0 Å². The fourth-order valence-electron chi connectivity index (χ4n) is 1.33. The quantitative estimate of drug-likeness (QED) is 0.625. The highest BCUT2D eigenvalue weighted by molar-refractivity contribution is 4.99. The highest BCUT2D eigenvalue weighted by Gasteiger charge is 2.31. The predicted octanol–water partition coefficient (Wildman–Crippen LogP) is 2.25. The van der Waals surface area contributed by atoms with Crippen LogP contribution in [0.15, 0.2) is 12.2 Å². The molecule has 0 rings (SSSR count). The van der Waals surface area contributed by atoms with Crippen LogP contribution < -0.4 is 0 Å². The van der Waals surface area contributed by atoms with Gasteiger partial charge < -0.3 is 10.2 Å². The molecule has 0 spiro atoms. The van der Waals surface area contributed by atoms with Gasteiger partial charge in [0, 0.05) is 0 Å². The normalized spacial score (nSPS) is 14.2. The van der Waals surface area contributed by atoms with E-state index in [1.54, 1.807) is 0 Å². The molecule has 0 saturated heterocycles. The van der Waals surface area contributed by atoms with Gasteiger partial charge in [-0.2, -0.15) is 0 Å². The molecule has 1 atom stereocenters. The van der Waals surface area contributed by atoms with Crippen LogP contribution in [0.5, 0.6) is 0 Å². The van der Waals surface area contributed by atoms with Crippen LogP contribution in [0.3, 0.4) is 0 Å². The van der Waals surface area contributed by atoms with Crippen LogP contribution in [0.2, 0.25) is 0 Å². The van der Waals surface area contributed by atoms with Crippen LogP contribution in [-0.4, -0.2) is 21.9 Å². The van der Waals surface area contributed by atoms with Gasteiger partial charge in [0.1, 0.15) is 0 Å². The van der Waals surface area contributed by atoms with Crippen molar-refractivity contribution in [2.24, 2.45) is 0 Å². The molecule has 2 N–H and O–H groups in total. The van der Waals surface area contributed by atoms with E-state index in [1.807, 2.05) is 20.8 Å². The minimum absolute atomic E-state index is 0.509. The fourth-order valence-corrected chi connectivity index (χ4v) is 1.33. The first-order valence-electron chi connectivity index (χ1n) is 5.07. The van der Waals surface area contributed by atoms with E-state index in [9.17, 15) is 10.2 Å². The summed E-state index contributed by atoms with van der Waals surface area (Å²) in [5, 5.41) is 19.7. The van der Waals surface area contributed by atoms with Gasteiger partial charge in [0.25, 0.3) is 0 Å². The third kappa shape index (κ3) is 3.49. The van der Waals surface area contributed by atoms with Crippen LogP contribution in [0.1, 0.15) is 46.5 Å². The van der Waals surface area contributed by atoms with E-state index < -0.39 is 11.7 Å². The summed E-state index contributed by atoms with van der Waals surface area (Å²) in [5.74, 6) is 0. The lowest BCUT2D eigenvalue weighted by Crippen LogP contribution is -2.41. The van der Waals surface area contributed by atoms with Gasteiger partial charge in [0.05, 0.1) is 11.7 Å². The van der Waals surface area contributed by atoms with Crippen molar-refractivity contribution in [2.75, 3.05) is 0 Å². The molecule has 78 valence electrons. The molecule has 0 aliphatic carbocycles. The Kier molecular flexibility index (Phi) is 5.26. The third-order valence-electron chi connectivity index (χ3n) is 2.83. The zero-order valence-electron chi connectivity index (χ0n) is 9.01. The lowest BCUT2D eigenvalue weighted by atomic mass is 9.87. The first kappa shape index (κ1) is 12.7. The zero-order valence-corrected chi connectivity index (χ0v) is 9.01. The van der Waals surface area contributed by atoms with Crippen LogP contribution >= 0.6 is 0 Å². The van der Waals surface area contributed by atoms with Crippen LogP contribution in [0, 0.1) is 0 Å². The highest BCUT2D eigenvalue weighted by atomic mass is 16.3. The standard InChI is InChI=1S/C11H22O2/c1-5-9(4)8-10(12)11(13,6-2)7-3/h10,12-13H,4-8H2,1-3H3. The summed E-state index contributed by atoms with van der Waals surface area (Å²) in [6, 6.07) is 0. The Morgan fingerprint density at radius 1 is 1.31 bits per heavy atom. The molecule has 0 amide bonds. The number of hydrogen-bond donors (Lipinski definition) is 2. The molecular formula is C11H22O2. The summed E-state index contributed by atoms with van der Waals surface area (Å²) in [6.07, 6.45) is 1.87. The first-order valence-corrected chi connectivity index (χ1v) is 5.07. The van der Waals surface area contributed by atoms with Crippen LogP contribution in [-0.2, 0) is 0 Å². The van der Waals surface area contributed by atoms with Gasteiger partial charge in [-0.15, -0.1) is 0 Å². The minimum atomic E-state index is -0.932. The lowest BCUT2D eigenvalue weighted by Gasteiger charge is -2.31. The van der Waals surface area contributed by atoms with Gasteiger partial charge in [0.2, 0.25) is 0 Å². The molecule has 0 bridgehead atoms. The number of aliphatic hydroxyl groups excluding tert-OH is 1. The smallest absolute Gasteiger partial charge is 0.0903 e. The molecule has 0 aromatic rings. The molecule has 0 saturated carbocycles. The van der Waals surface area contributed by atoms with Crippen LogP contribution in [0.4, 0.5) is 0 Å². The Balaban J connectivity index is 4.21. The molecule has 0 aliphatic rings. The zero-order chi connectivity index (χ0) is 10.5. The molecule has 13 heavy (non-hydrogen) atoms. The largest absolute Gasteiger partial charge is 0.390 e. The summed E-state index contributed by atoms with van der Waals surface area (Å²) in [6.45, 7) is 9.61. The van der Waals surface area contributed by atoms with Gasteiger partial charge in [-0.25, -0.2) is 0 Å². The summed E-state index contributed by atoms with van der Waals surface area (Å²) in [5.41, 5.74) is 0.0609. The maximum absolute atomic E-state index is 9.95. The Bertz CT molecular complexity index is 159. The molecule has 0 aromatic carbocycles. The van der Waals surface area contributed by atoms with Gasteiger partial charge >= 0.3 is 0 Å². The summed E-state index contributed by atoms with van der Waals surface area (Å²) in [7, 11) is 0. The monoisotopic (exact) mass is 186 g/mol. The molecule has 0 aliphatic heterocycles. The van der Waals surface area contributed by atoms with Gasteiger partial charge in [-0.1, -0.05) is 32.9 Å². The van der Waals surface area contributed by atoms with E-state index in [0.717, 1.165) is 12.0 Å². The van der Waals surface area contributed by atoms with E-state index in [-0.39, 0.29) is 0 Å². The van der Waals surface area contributed by atoms with E-state index in [4.69, 9.17) is 0 Å². The Morgan fingerprint density at radius 2 is 1.77 bits per heavy atom. The van der Waals surface area contributed by atoms with E-state index in [2.05, 4.69) is 6.58 Å². The first-order chi connectivity index (χ1) is 6.00. The summed E-state index contributed by atoms with van der Waals surface area (Å²) < 4.78 is 0. The average molecular weight is 186 g/mol. The van der Waals surface area contributed by atoms with Crippen molar-refractivity contribution in [1.82, 2.24) is 0 Å². The second-order valence-electron chi connectivity index (χ2n) is 3.63. The van der Waals surface area contributed by atoms with E-state index in [1.165, 1.54) is 0 Å². The third-order valence-corrected chi connectivity index (χ3v) is 2.83. The Morgan fingerprint density at radius 3 is 2.08 bits per heavy atom. The average Bonchev–Trinajstić information content (AvgIpc) is 2.16. The molecule has 0 heterocycles. The van der Waals surface area contributed by atoms with E-state index in [0.29, 0.717) is 19.3 Å².